The molecular formula is C41H42BP. The van der Waals surface area contributed by atoms with Crippen LogP contribution >= 0.6 is 8.58 Å². The minimum absolute atomic E-state index is 0.261. The molecule has 0 saturated carbocycles. The normalized spacial score (nSPS) is 11.3. The van der Waals surface area contributed by atoms with E-state index in [0.717, 1.165) is 0 Å². The molecule has 1 atom stereocenters. The van der Waals surface area contributed by atoms with E-state index < -0.39 is 6.15 Å². The van der Waals surface area contributed by atoms with Gasteiger partial charge in [0.1, 0.15) is 6.15 Å². The van der Waals surface area contributed by atoms with Gasteiger partial charge in [-0.05, 0) is 58.9 Å². The first kappa shape index (κ1) is 30.3. The lowest BCUT2D eigenvalue weighted by atomic mass is 9.13. The van der Waals surface area contributed by atoms with Crippen LogP contribution < -0.4 is 32.5 Å². The van der Waals surface area contributed by atoms with Crippen molar-refractivity contribution in [1.29, 1.82) is 0 Å². The Kier molecular flexibility index (Phi) is 9.76. The second kappa shape index (κ2) is 13.9. The van der Waals surface area contributed by atoms with Crippen LogP contribution in [0.15, 0.2) is 152 Å². The summed E-state index contributed by atoms with van der Waals surface area (Å²) in [4.78, 5) is 0. The average molecular weight is 577 g/mol. The molecule has 0 aromatic heterocycles. The minimum Gasteiger partial charge on any atom is -0.195 e. The van der Waals surface area contributed by atoms with E-state index in [-0.39, 0.29) is 8.58 Å². The van der Waals surface area contributed by atoms with Crippen molar-refractivity contribution >= 4 is 47.2 Å². The molecule has 6 rings (SSSR count). The van der Waals surface area contributed by atoms with Crippen LogP contribution in [0.25, 0.3) is 0 Å². The van der Waals surface area contributed by atoms with Crippen LogP contribution in [-0.2, 0) is 0 Å². The van der Waals surface area contributed by atoms with E-state index in [9.17, 15) is 0 Å². The lowest BCUT2D eigenvalue weighted by molar-refractivity contribution is 1.46. The van der Waals surface area contributed by atoms with Crippen molar-refractivity contribution in [2.45, 2.75) is 34.6 Å². The highest BCUT2D eigenvalue weighted by Crippen LogP contribution is 2.13. The molecule has 0 aliphatic carbocycles. The molecule has 6 aromatic carbocycles. The highest BCUT2D eigenvalue weighted by atomic mass is 31.1. The molecule has 0 saturated heterocycles. The summed E-state index contributed by atoms with van der Waals surface area (Å²) in [5.41, 5.74) is 11.9. The molecule has 1 unspecified atom stereocenters. The molecule has 0 nitrogen and oxygen atoms in total. The van der Waals surface area contributed by atoms with Crippen LogP contribution in [0.1, 0.15) is 27.8 Å². The Morgan fingerprint density at radius 1 is 0.302 bits per heavy atom. The molecule has 0 N–H and O–H groups in total. The Balaban J connectivity index is 0.000000220. The summed E-state index contributed by atoms with van der Waals surface area (Å²) < 4.78 is 0. The van der Waals surface area contributed by atoms with E-state index in [1.807, 2.05) is 0 Å². The van der Waals surface area contributed by atoms with Crippen molar-refractivity contribution in [2.75, 3.05) is 0 Å². The van der Waals surface area contributed by atoms with Gasteiger partial charge in [0.15, 0.2) is 0 Å². The average Bonchev–Trinajstić information content (AvgIpc) is 3.03. The molecule has 214 valence electrons. The van der Waals surface area contributed by atoms with Crippen molar-refractivity contribution in [3.05, 3.63) is 179 Å². The molecule has 0 radical (unpaired) electrons. The van der Waals surface area contributed by atoms with Gasteiger partial charge < -0.3 is 0 Å². The van der Waals surface area contributed by atoms with Crippen molar-refractivity contribution < 1.29 is 0 Å². The maximum atomic E-state index is 2.31. The first-order valence-corrected chi connectivity index (χ1v) is 16.4. The fraction of sp³-hybridized carbons (Fsp3) is 0.122. The van der Waals surface area contributed by atoms with Crippen molar-refractivity contribution in [1.82, 2.24) is 0 Å². The highest BCUT2D eigenvalue weighted by molar-refractivity contribution is 7.55. The molecule has 0 amide bonds. The molecule has 0 aliphatic heterocycles. The van der Waals surface area contributed by atoms with Gasteiger partial charge in [0.25, 0.3) is 0 Å². The summed E-state index contributed by atoms with van der Waals surface area (Å²) in [5, 5.41) is 2.91. The second-order valence-electron chi connectivity index (χ2n) is 12.0. The summed E-state index contributed by atoms with van der Waals surface area (Å²) in [6, 6.07) is 56.0. The third-order valence-electron chi connectivity index (χ3n) is 8.52. The van der Waals surface area contributed by atoms with E-state index in [2.05, 4.69) is 186 Å². The van der Waals surface area contributed by atoms with E-state index in [0.29, 0.717) is 0 Å². The molecule has 2 heteroatoms. The number of rotatable bonds is 6. The zero-order chi connectivity index (χ0) is 30.2. The predicted octanol–water partition coefficient (Wildman–Crippen LogP) is 6.65. The molecule has 0 bridgehead atoms. The van der Waals surface area contributed by atoms with Crippen molar-refractivity contribution in [3.63, 3.8) is 0 Å². The fourth-order valence-corrected chi connectivity index (χ4v) is 7.16. The molecule has 0 heterocycles. The van der Waals surface area contributed by atoms with Gasteiger partial charge in [-0.25, -0.2) is 0 Å². The minimum atomic E-state index is -1.27. The topological polar surface area (TPSA) is 0 Å². The standard InChI is InChI=1S/C28H28B.C13H13P/c1-21-5-13-25(14-6-21)29(26-15-7-22(2)8-16-26,27-17-9-23(3)10-18-27)28-19-11-24(4)12-20-28;1-11-7-9-13(10-8-11)14-12-5-3-2-4-6-12/h5-20H,1-4H3;2-10,14H,1H3/q-1;/p+1. The molecule has 6 aromatic rings. The van der Waals surface area contributed by atoms with Gasteiger partial charge >= 0.3 is 0 Å². The monoisotopic (exact) mass is 576 g/mol. The number of hydrogen-bond acceptors (Lipinski definition) is 0. The molecule has 43 heavy (non-hydrogen) atoms. The highest BCUT2D eigenvalue weighted by Gasteiger charge is 2.31. The van der Waals surface area contributed by atoms with Gasteiger partial charge in [-0.3, -0.25) is 0 Å². The Hall–Kier alpha value is -4.19. The van der Waals surface area contributed by atoms with Gasteiger partial charge in [0.2, 0.25) is 0 Å². The SMILES string of the molecule is Cc1ccc([B-](c2ccc(C)cc2)(c2ccc(C)cc2)c2ccc(C)cc2)cc1.Cc1ccc([PH2+]c2ccccc2)cc1. The summed E-state index contributed by atoms with van der Waals surface area (Å²) in [6.45, 7) is 10.7. The van der Waals surface area contributed by atoms with E-state index in [1.165, 1.54) is 60.3 Å². The van der Waals surface area contributed by atoms with Crippen molar-refractivity contribution in [3.8, 4) is 0 Å². The number of aryl methyl sites for hydroxylation is 5. The van der Waals surface area contributed by atoms with Crippen molar-refractivity contribution in [2.24, 2.45) is 0 Å². The van der Waals surface area contributed by atoms with E-state index in [1.54, 1.807) is 0 Å². The van der Waals surface area contributed by atoms with Crippen LogP contribution in [-0.4, -0.2) is 6.15 Å². The molecule has 0 fully saturated rings. The molecule has 0 aliphatic rings. The summed E-state index contributed by atoms with van der Waals surface area (Å²) in [5.74, 6) is 0. The first-order chi connectivity index (χ1) is 20.8. The smallest absolute Gasteiger partial charge is 0.108 e. The Morgan fingerprint density at radius 2 is 0.558 bits per heavy atom. The Bertz CT molecular complexity index is 1530. The Morgan fingerprint density at radius 3 is 0.860 bits per heavy atom. The van der Waals surface area contributed by atoms with Gasteiger partial charge in [0, 0.05) is 0 Å². The zero-order valence-corrected chi connectivity index (χ0v) is 27.2. The number of hydrogen-bond donors (Lipinski definition) is 0. The van der Waals surface area contributed by atoms with Gasteiger partial charge in [0.05, 0.1) is 19.2 Å². The summed E-state index contributed by atoms with van der Waals surface area (Å²) >= 11 is 0. The zero-order valence-electron chi connectivity index (χ0n) is 26.1. The quantitative estimate of drug-likeness (QED) is 0.154. The lowest BCUT2D eigenvalue weighted by Gasteiger charge is -2.44. The first-order valence-electron chi connectivity index (χ1n) is 15.2. The van der Waals surface area contributed by atoms with Gasteiger partial charge in [-0.2, -0.15) is 21.9 Å². The second-order valence-corrected chi connectivity index (χ2v) is 13.6. The third-order valence-corrected chi connectivity index (χ3v) is 9.96. The third kappa shape index (κ3) is 7.25. The maximum absolute atomic E-state index is 2.31. The van der Waals surface area contributed by atoms with Crippen LogP contribution in [0.4, 0.5) is 0 Å². The molecule has 0 spiro atoms. The largest absolute Gasteiger partial charge is 0.195 e. The summed E-state index contributed by atoms with van der Waals surface area (Å²) in [6.07, 6.45) is -1.27. The number of benzene rings is 6. The van der Waals surface area contributed by atoms with Crippen LogP contribution in [0.5, 0.6) is 0 Å². The Labute approximate surface area is 260 Å². The maximum Gasteiger partial charge on any atom is 0.108 e. The van der Waals surface area contributed by atoms with Crippen LogP contribution in [0.3, 0.4) is 0 Å². The predicted molar refractivity (Wildman–Crippen MR) is 196 cm³/mol. The fourth-order valence-electron chi connectivity index (χ4n) is 5.98. The van der Waals surface area contributed by atoms with Gasteiger partial charge in [-0.15, -0.1) is 0 Å². The molecular weight excluding hydrogens is 534 g/mol. The van der Waals surface area contributed by atoms with Gasteiger partial charge in [-0.1, -0.05) is 155 Å². The van der Waals surface area contributed by atoms with E-state index in [4.69, 9.17) is 0 Å². The van der Waals surface area contributed by atoms with E-state index >= 15 is 0 Å². The lowest BCUT2D eigenvalue weighted by Crippen LogP contribution is -2.74. The van der Waals surface area contributed by atoms with Crippen LogP contribution in [0, 0.1) is 34.6 Å². The van der Waals surface area contributed by atoms with Crippen LogP contribution in [0.2, 0.25) is 0 Å². The summed E-state index contributed by atoms with van der Waals surface area (Å²) in [7, 11) is 0.261.